The molecular formula is C4H12NNaO2PS. The van der Waals surface area contributed by atoms with Crippen LogP contribution in [0.3, 0.4) is 0 Å². The summed E-state index contributed by atoms with van der Waals surface area (Å²) >= 11 is 4.64. The predicted molar refractivity (Wildman–Crippen MR) is 47.6 cm³/mol. The summed E-state index contributed by atoms with van der Waals surface area (Å²) in [7, 11) is 1.41. The Kier molecular flexibility index (Phi) is 10.1. The molecule has 0 aliphatic heterocycles. The molecule has 1 atom stereocenters. The van der Waals surface area contributed by atoms with Crippen molar-refractivity contribution in [2.45, 2.75) is 13.3 Å². The average Bonchev–Trinajstić information content (AvgIpc) is 1.84. The van der Waals surface area contributed by atoms with Gasteiger partial charge >= 0.3 is 0 Å². The van der Waals surface area contributed by atoms with Crippen LogP contribution in [0.1, 0.15) is 13.3 Å². The van der Waals surface area contributed by atoms with Crippen molar-refractivity contribution in [2.75, 3.05) is 13.7 Å². The zero-order valence-electron chi connectivity index (χ0n) is 6.63. The molecule has 0 saturated heterocycles. The van der Waals surface area contributed by atoms with Crippen LogP contribution in [0.5, 0.6) is 0 Å². The molecule has 0 spiro atoms. The van der Waals surface area contributed by atoms with Crippen LogP contribution in [0, 0.1) is 0 Å². The molecule has 0 amide bonds. The van der Waals surface area contributed by atoms with E-state index in [0.29, 0.717) is 6.54 Å². The first-order valence-electron chi connectivity index (χ1n) is 2.76. The second-order valence-electron chi connectivity index (χ2n) is 1.61. The van der Waals surface area contributed by atoms with Crippen molar-refractivity contribution in [3.8, 4) is 0 Å². The van der Waals surface area contributed by atoms with Crippen LogP contribution in [0.2, 0.25) is 0 Å². The van der Waals surface area contributed by atoms with E-state index in [1.165, 1.54) is 7.11 Å². The second-order valence-corrected chi connectivity index (χ2v) is 4.82. The molecule has 0 rings (SSSR count). The molecule has 0 heterocycles. The molecule has 0 aromatic carbocycles. The molecule has 10 heavy (non-hydrogen) atoms. The van der Waals surface area contributed by atoms with Gasteiger partial charge in [0.25, 0.3) is 6.64 Å². The Hall–Kier alpha value is 1.53. The van der Waals surface area contributed by atoms with Crippen LogP contribution >= 0.6 is 6.64 Å². The van der Waals surface area contributed by atoms with Crippen LogP contribution in [0.15, 0.2) is 0 Å². The van der Waals surface area contributed by atoms with Gasteiger partial charge in [-0.3, -0.25) is 0 Å². The molecule has 0 saturated carbocycles. The predicted octanol–water partition coefficient (Wildman–Crippen LogP) is 0.468. The van der Waals surface area contributed by atoms with Gasteiger partial charge in [-0.2, -0.15) is 0 Å². The summed E-state index contributed by atoms with van der Waals surface area (Å²) in [5, 5.41) is 2.72. The van der Waals surface area contributed by atoms with Gasteiger partial charge in [0.1, 0.15) is 0 Å². The van der Waals surface area contributed by atoms with E-state index in [4.69, 9.17) is 4.89 Å². The third-order valence-electron chi connectivity index (χ3n) is 0.809. The van der Waals surface area contributed by atoms with Gasteiger partial charge in [-0.25, -0.2) is 5.09 Å². The van der Waals surface area contributed by atoms with Crippen molar-refractivity contribution in [1.29, 1.82) is 0 Å². The van der Waals surface area contributed by atoms with E-state index in [2.05, 4.69) is 21.4 Å². The molecule has 6 heteroatoms. The van der Waals surface area contributed by atoms with Gasteiger partial charge in [0.05, 0.1) is 0 Å². The third-order valence-corrected chi connectivity index (χ3v) is 2.76. The number of nitrogens with one attached hydrogen (secondary N) is 1. The number of rotatable bonds is 4. The van der Waals surface area contributed by atoms with Crippen molar-refractivity contribution >= 4 is 48.0 Å². The van der Waals surface area contributed by atoms with E-state index in [-0.39, 0.29) is 29.6 Å². The molecule has 0 aromatic rings. The fraction of sp³-hybridized carbons (Fsp3) is 1.00. The van der Waals surface area contributed by atoms with Crippen LogP contribution in [-0.4, -0.2) is 48.1 Å². The first-order chi connectivity index (χ1) is 4.12. The molecular weight excluding hydrogens is 180 g/mol. The fourth-order valence-corrected chi connectivity index (χ4v) is 1.23. The monoisotopic (exact) mass is 192 g/mol. The summed E-state index contributed by atoms with van der Waals surface area (Å²) in [4.78, 5) is 9.05. The molecule has 0 fully saturated rings. The van der Waals surface area contributed by atoms with E-state index in [1.54, 1.807) is 0 Å². The van der Waals surface area contributed by atoms with Gasteiger partial charge in [-0.05, 0) is 18.2 Å². The summed E-state index contributed by atoms with van der Waals surface area (Å²) in [6.45, 7) is 0.101. The Balaban J connectivity index is 0. The zero-order valence-corrected chi connectivity index (χ0v) is 10.3. The summed E-state index contributed by atoms with van der Waals surface area (Å²) < 4.78 is 4.61. The molecule has 1 radical (unpaired) electrons. The average molecular weight is 192 g/mol. The summed E-state index contributed by atoms with van der Waals surface area (Å²) in [6, 6.07) is 0. The van der Waals surface area contributed by atoms with E-state index in [0.717, 1.165) is 6.42 Å². The van der Waals surface area contributed by atoms with Gasteiger partial charge in [-0.15, -0.1) is 0 Å². The maximum Gasteiger partial charge on any atom is 0.258 e. The standard InChI is InChI=1S/C4H12NO2PS.Na/c1-3-4-5-8(6,9)7-2;/h3-4H2,1-2H3,(H2,5,6,9);. The zero-order chi connectivity index (χ0) is 7.33. The van der Waals surface area contributed by atoms with Crippen molar-refractivity contribution in [2.24, 2.45) is 0 Å². The van der Waals surface area contributed by atoms with Crippen LogP contribution in [0.25, 0.3) is 0 Å². The molecule has 0 aliphatic carbocycles. The SMILES string of the molecule is CCCNP(O)(=S)OC.[Na]. The molecule has 2 N–H and O–H groups in total. The number of hydrogen-bond donors (Lipinski definition) is 2. The third kappa shape index (κ3) is 7.63. The maximum atomic E-state index is 9.05. The summed E-state index contributed by atoms with van der Waals surface area (Å²) in [6.07, 6.45) is 0.947. The van der Waals surface area contributed by atoms with Crippen LogP contribution < -0.4 is 5.09 Å². The smallest absolute Gasteiger partial charge is 0.258 e. The van der Waals surface area contributed by atoms with Crippen molar-refractivity contribution in [1.82, 2.24) is 5.09 Å². The van der Waals surface area contributed by atoms with E-state index in [9.17, 15) is 0 Å². The van der Waals surface area contributed by atoms with Crippen LogP contribution in [0.4, 0.5) is 0 Å². The molecule has 0 aromatic heterocycles. The Morgan fingerprint density at radius 2 is 2.20 bits per heavy atom. The maximum absolute atomic E-state index is 9.05. The quantitative estimate of drug-likeness (QED) is 0.502. The first kappa shape index (κ1) is 14.1. The second kappa shape index (κ2) is 7.19. The van der Waals surface area contributed by atoms with Gasteiger partial charge in [0, 0.05) is 43.2 Å². The molecule has 0 aliphatic rings. The minimum atomic E-state index is -2.61. The first-order valence-corrected chi connectivity index (χ1v) is 5.43. The molecule has 1 unspecified atom stereocenters. The Bertz CT molecular complexity index is 124. The van der Waals surface area contributed by atoms with Gasteiger partial charge < -0.3 is 9.42 Å². The largest absolute Gasteiger partial charge is 0.334 e. The van der Waals surface area contributed by atoms with Gasteiger partial charge in [0.2, 0.25) is 0 Å². The molecule has 57 valence electrons. The minimum Gasteiger partial charge on any atom is -0.334 e. The molecule has 3 nitrogen and oxygen atoms in total. The Morgan fingerprint density at radius 3 is 2.50 bits per heavy atom. The van der Waals surface area contributed by atoms with Crippen LogP contribution in [-0.2, 0) is 16.3 Å². The van der Waals surface area contributed by atoms with E-state index in [1.807, 2.05) is 6.92 Å². The summed E-state index contributed by atoms with van der Waals surface area (Å²) in [5.74, 6) is 0. The Morgan fingerprint density at radius 1 is 1.70 bits per heavy atom. The Labute approximate surface area is 89.1 Å². The van der Waals surface area contributed by atoms with Gasteiger partial charge in [0.15, 0.2) is 0 Å². The molecule has 0 bridgehead atoms. The minimum absolute atomic E-state index is 0. The van der Waals surface area contributed by atoms with Crippen molar-refractivity contribution < 1.29 is 9.42 Å². The van der Waals surface area contributed by atoms with Crippen molar-refractivity contribution in [3.05, 3.63) is 0 Å². The van der Waals surface area contributed by atoms with Gasteiger partial charge in [-0.1, -0.05) is 6.92 Å². The van der Waals surface area contributed by atoms with Crippen molar-refractivity contribution in [3.63, 3.8) is 0 Å². The van der Waals surface area contributed by atoms with E-state index < -0.39 is 6.64 Å². The normalized spacial score (nSPS) is 15.5. The summed E-state index contributed by atoms with van der Waals surface area (Å²) in [5.41, 5.74) is 0. The number of hydrogen-bond acceptors (Lipinski definition) is 2. The fourth-order valence-electron chi connectivity index (χ4n) is 0.318. The van der Waals surface area contributed by atoms with E-state index >= 15 is 0 Å². The topological polar surface area (TPSA) is 41.5 Å².